The number of carbonyl (C=O) groups excluding carboxylic acids is 1. The Hall–Kier alpha value is -2.67. The number of nitro groups is 1. The van der Waals surface area contributed by atoms with Crippen molar-refractivity contribution >= 4 is 11.6 Å². The van der Waals surface area contributed by atoms with E-state index in [2.05, 4.69) is 0 Å². The van der Waals surface area contributed by atoms with Gasteiger partial charge in [-0.3, -0.25) is 20.1 Å². The van der Waals surface area contributed by atoms with Crippen LogP contribution in [0.4, 0.5) is 5.69 Å². The van der Waals surface area contributed by atoms with Crippen LogP contribution < -0.4 is 5.48 Å². The van der Waals surface area contributed by atoms with Gasteiger partial charge in [0, 0.05) is 17.7 Å². The second-order valence-corrected chi connectivity index (χ2v) is 3.41. The molecule has 2 rings (SSSR count). The third-order valence-corrected chi connectivity index (χ3v) is 2.27. The van der Waals surface area contributed by atoms with Crippen LogP contribution in [0, 0.1) is 10.1 Å². The largest absolute Gasteiger partial charge is 0.451 e. The molecule has 0 aliphatic heterocycles. The number of benzene rings is 1. The fourth-order valence-electron chi connectivity index (χ4n) is 1.44. The molecule has 1 amide bonds. The molecule has 7 nitrogen and oxygen atoms in total. The van der Waals surface area contributed by atoms with Gasteiger partial charge in [0.05, 0.1) is 4.92 Å². The molecule has 0 radical (unpaired) electrons. The summed E-state index contributed by atoms with van der Waals surface area (Å²) in [5.41, 5.74) is 1.84. The molecule has 18 heavy (non-hydrogen) atoms. The zero-order chi connectivity index (χ0) is 13.1. The minimum Gasteiger partial charge on any atom is -0.451 e. The lowest BCUT2D eigenvalue weighted by molar-refractivity contribution is -0.384. The summed E-state index contributed by atoms with van der Waals surface area (Å²) in [6.45, 7) is 0. The first-order valence-corrected chi connectivity index (χ1v) is 4.91. The van der Waals surface area contributed by atoms with Crippen LogP contribution in [-0.4, -0.2) is 16.0 Å². The van der Waals surface area contributed by atoms with Crippen molar-refractivity contribution in [2.45, 2.75) is 0 Å². The Morgan fingerprint density at radius 2 is 2.11 bits per heavy atom. The summed E-state index contributed by atoms with van der Waals surface area (Å²) in [5, 5.41) is 19.1. The van der Waals surface area contributed by atoms with Crippen molar-refractivity contribution in [1.29, 1.82) is 0 Å². The predicted octanol–water partition coefficient (Wildman–Crippen LogP) is 1.97. The van der Waals surface area contributed by atoms with Gasteiger partial charge in [-0.15, -0.1) is 0 Å². The molecule has 0 aliphatic rings. The van der Waals surface area contributed by atoms with Crippen LogP contribution in [0.3, 0.4) is 0 Å². The standard InChI is InChI=1S/C11H8N2O5/c14-11(12-15)10-5-4-9(18-10)7-2-1-3-8(6-7)13(16)17/h1-6,15H,(H,12,14). The second-order valence-electron chi connectivity index (χ2n) is 3.41. The third kappa shape index (κ3) is 2.20. The molecule has 0 aliphatic carbocycles. The molecule has 0 bridgehead atoms. The maximum absolute atomic E-state index is 11.1. The summed E-state index contributed by atoms with van der Waals surface area (Å²) in [6, 6.07) is 8.67. The second kappa shape index (κ2) is 4.68. The molecular weight excluding hydrogens is 240 g/mol. The monoisotopic (exact) mass is 248 g/mol. The van der Waals surface area contributed by atoms with Gasteiger partial charge in [0.25, 0.3) is 5.69 Å². The summed E-state index contributed by atoms with van der Waals surface area (Å²) in [6.07, 6.45) is 0. The highest BCUT2D eigenvalue weighted by Gasteiger charge is 2.13. The van der Waals surface area contributed by atoms with Crippen LogP contribution >= 0.6 is 0 Å². The van der Waals surface area contributed by atoms with Crippen LogP contribution in [-0.2, 0) is 0 Å². The van der Waals surface area contributed by atoms with Crippen molar-refractivity contribution in [3.05, 3.63) is 52.3 Å². The molecule has 92 valence electrons. The predicted molar refractivity (Wildman–Crippen MR) is 60.1 cm³/mol. The Labute approximate surface area is 101 Å². The molecule has 0 saturated carbocycles. The molecule has 0 fully saturated rings. The lowest BCUT2D eigenvalue weighted by atomic mass is 10.1. The highest BCUT2D eigenvalue weighted by Crippen LogP contribution is 2.25. The first-order valence-electron chi connectivity index (χ1n) is 4.91. The van der Waals surface area contributed by atoms with Gasteiger partial charge in [0.15, 0.2) is 5.76 Å². The number of furan rings is 1. The summed E-state index contributed by atoms with van der Waals surface area (Å²) in [7, 11) is 0. The molecule has 0 unspecified atom stereocenters. The van der Waals surface area contributed by atoms with Crippen molar-refractivity contribution in [3.8, 4) is 11.3 Å². The maximum atomic E-state index is 11.1. The number of non-ortho nitro benzene ring substituents is 1. The average molecular weight is 248 g/mol. The summed E-state index contributed by atoms with van der Waals surface area (Å²) < 4.78 is 5.16. The van der Waals surface area contributed by atoms with Crippen molar-refractivity contribution in [2.24, 2.45) is 0 Å². The number of rotatable bonds is 3. The van der Waals surface area contributed by atoms with Crippen LogP contribution in [0.5, 0.6) is 0 Å². The van der Waals surface area contributed by atoms with Gasteiger partial charge in [-0.05, 0) is 12.1 Å². The zero-order valence-corrected chi connectivity index (χ0v) is 8.99. The Morgan fingerprint density at radius 1 is 1.33 bits per heavy atom. The van der Waals surface area contributed by atoms with Crippen molar-refractivity contribution in [1.82, 2.24) is 5.48 Å². The zero-order valence-electron chi connectivity index (χ0n) is 8.99. The quantitative estimate of drug-likeness (QED) is 0.490. The SMILES string of the molecule is O=C(NO)c1ccc(-c2cccc([N+](=O)[O-])c2)o1. The van der Waals surface area contributed by atoms with Crippen molar-refractivity contribution in [2.75, 3.05) is 0 Å². The number of amides is 1. The number of nitrogens with zero attached hydrogens (tertiary/aromatic N) is 1. The van der Waals surface area contributed by atoms with E-state index in [0.29, 0.717) is 11.3 Å². The fraction of sp³-hybridized carbons (Fsp3) is 0. The molecule has 1 aromatic heterocycles. The van der Waals surface area contributed by atoms with Crippen LogP contribution in [0.15, 0.2) is 40.8 Å². The Kier molecular flexibility index (Phi) is 3.07. The highest BCUT2D eigenvalue weighted by molar-refractivity contribution is 5.91. The van der Waals surface area contributed by atoms with Gasteiger partial charge in [0.2, 0.25) is 0 Å². The van der Waals surface area contributed by atoms with Crippen molar-refractivity contribution in [3.63, 3.8) is 0 Å². The van der Waals surface area contributed by atoms with E-state index < -0.39 is 10.8 Å². The van der Waals surface area contributed by atoms with E-state index >= 15 is 0 Å². The third-order valence-electron chi connectivity index (χ3n) is 2.27. The molecule has 0 atom stereocenters. The van der Waals surface area contributed by atoms with Gasteiger partial charge in [0.1, 0.15) is 5.76 Å². The molecular formula is C11H8N2O5. The Bertz CT molecular complexity index is 605. The van der Waals surface area contributed by atoms with Gasteiger partial charge in [-0.1, -0.05) is 12.1 Å². The normalized spacial score (nSPS) is 10.1. The van der Waals surface area contributed by atoms with Gasteiger partial charge >= 0.3 is 5.91 Å². The number of nitro benzene ring substituents is 1. The number of hydroxylamine groups is 1. The van der Waals surface area contributed by atoms with Gasteiger partial charge in [-0.25, -0.2) is 5.48 Å². The first kappa shape index (κ1) is 11.8. The number of nitrogens with one attached hydrogen (secondary N) is 1. The Morgan fingerprint density at radius 3 is 2.78 bits per heavy atom. The van der Waals surface area contributed by atoms with E-state index in [1.807, 2.05) is 0 Å². The van der Waals surface area contributed by atoms with Crippen LogP contribution in [0.25, 0.3) is 11.3 Å². The highest BCUT2D eigenvalue weighted by atomic mass is 16.6. The van der Waals surface area contributed by atoms with Crippen molar-refractivity contribution < 1.29 is 19.3 Å². The molecule has 0 saturated heterocycles. The molecule has 2 aromatic rings. The van der Waals surface area contributed by atoms with E-state index in [4.69, 9.17) is 9.62 Å². The summed E-state index contributed by atoms with van der Waals surface area (Å²) in [4.78, 5) is 21.2. The van der Waals surface area contributed by atoms with E-state index in [0.717, 1.165) is 0 Å². The molecule has 0 spiro atoms. The van der Waals surface area contributed by atoms with Crippen LogP contribution in [0.1, 0.15) is 10.6 Å². The first-order chi connectivity index (χ1) is 8.61. The Balaban J connectivity index is 2.37. The van der Waals surface area contributed by atoms with E-state index in [1.165, 1.54) is 35.8 Å². The smallest absolute Gasteiger partial charge is 0.310 e. The number of hydrogen-bond donors (Lipinski definition) is 2. The van der Waals surface area contributed by atoms with Gasteiger partial charge < -0.3 is 4.42 Å². The van der Waals surface area contributed by atoms with E-state index in [1.54, 1.807) is 6.07 Å². The topological polar surface area (TPSA) is 106 Å². The lowest BCUT2D eigenvalue weighted by Gasteiger charge is -1.97. The fourth-order valence-corrected chi connectivity index (χ4v) is 1.44. The lowest BCUT2D eigenvalue weighted by Crippen LogP contribution is -2.17. The van der Waals surface area contributed by atoms with Gasteiger partial charge in [-0.2, -0.15) is 0 Å². The molecule has 7 heteroatoms. The summed E-state index contributed by atoms with van der Waals surface area (Å²) in [5.74, 6) is -0.567. The van der Waals surface area contributed by atoms with E-state index in [-0.39, 0.29) is 11.4 Å². The van der Waals surface area contributed by atoms with E-state index in [9.17, 15) is 14.9 Å². The molecule has 1 heterocycles. The number of hydrogen-bond acceptors (Lipinski definition) is 5. The molecule has 2 N–H and O–H groups in total. The minimum atomic E-state index is -0.785. The number of carbonyl (C=O) groups is 1. The molecule has 1 aromatic carbocycles. The average Bonchev–Trinajstić information content (AvgIpc) is 2.87. The maximum Gasteiger partial charge on any atom is 0.310 e. The minimum absolute atomic E-state index is 0.0722. The summed E-state index contributed by atoms with van der Waals surface area (Å²) >= 11 is 0. The van der Waals surface area contributed by atoms with Crippen LogP contribution in [0.2, 0.25) is 0 Å².